The number of halogens is 1. The highest BCUT2D eigenvalue weighted by Crippen LogP contribution is 2.55. The molecule has 2 aliphatic heterocycles. The van der Waals surface area contributed by atoms with Crippen LogP contribution in [0, 0.1) is 5.92 Å². The van der Waals surface area contributed by atoms with E-state index >= 15 is 0 Å². The average Bonchev–Trinajstić information content (AvgIpc) is 3.13. The number of hydrogen-bond donors (Lipinski definition) is 1. The van der Waals surface area contributed by atoms with E-state index in [2.05, 4.69) is 16.8 Å². The van der Waals surface area contributed by atoms with Crippen LogP contribution in [0.4, 0.5) is 0 Å². The third-order valence-corrected chi connectivity index (χ3v) is 7.76. The Morgan fingerprint density at radius 3 is 3.12 bits per heavy atom. The van der Waals surface area contributed by atoms with Crippen LogP contribution in [0.3, 0.4) is 0 Å². The molecule has 0 spiro atoms. The molecule has 2 aromatic rings. The van der Waals surface area contributed by atoms with Gasteiger partial charge in [-0.3, -0.25) is 4.79 Å². The summed E-state index contributed by atoms with van der Waals surface area (Å²) in [4.78, 5) is 19.8. The quantitative estimate of drug-likeness (QED) is 0.882. The number of aromatic nitrogens is 1. The van der Waals surface area contributed by atoms with E-state index in [4.69, 9.17) is 11.6 Å². The van der Waals surface area contributed by atoms with E-state index in [-0.39, 0.29) is 23.9 Å². The molecule has 132 valence electrons. The van der Waals surface area contributed by atoms with E-state index in [1.807, 2.05) is 18.2 Å². The van der Waals surface area contributed by atoms with Crippen LogP contribution in [-0.4, -0.2) is 38.6 Å². The summed E-state index contributed by atoms with van der Waals surface area (Å²) in [5.41, 5.74) is 0.456. The minimum atomic E-state index is -0.493. The second kappa shape index (κ2) is 5.41. The third-order valence-electron chi connectivity index (χ3n) is 6.27. The van der Waals surface area contributed by atoms with E-state index in [1.165, 1.54) is 0 Å². The lowest BCUT2D eigenvalue weighted by atomic mass is 9.83. The zero-order chi connectivity index (χ0) is 17.3. The summed E-state index contributed by atoms with van der Waals surface area (Å²) in [5.74, 6) is 0.835. The molecule has 0 radical (unpaired) electrons. The van der Waals surface area contributed by atoms with Crippen LogP contribution in [0.15, 0.2) is 18.2 Å². The molecule has 2 saturated carbocycles. The standard InChI is InChI=1S/C19H21ClN2O2S/c1-10(18-21-14-3-2-12(20)6-16(14)25-18)4-17(23)22-13-5-11-7-19(24,8-13)9-15(11)22/h2-3,6,10-11,13,15,24H,4-5,7-9H2,1H3. The molecular weight excluding hydrogens is 356 g/mol. The van der Waals surface area contributed by atoms with Gasteiger partial charge in [-0.15, -0.1) is 11.3 Å². The predicted molar refractivity (Wildman–Crippen MR) is 99.0 cm³/mol. The van der Waals surface area contributed by atoms with Crippen LogP contribution in [0.25, 0.3) is 10.2 Å². The van der Waals surface area contributed by atoms with Crippen molar-refractivity contribution >= 4 is 39.1 Å². The van der Waals surface area contributed by atoms with Gasteiger partial charge in [0.25, 0.3) is 0 Å². The van der Waals surface area contributed by atoms with Crippen LogP contribution in [0.2, 0.25) is 5.02 Å². The molecule has 4 bridgehead atoms. The van der Waals surface area contributed by atoms with Crippen LogP contribution in [0.5, 0.6) is 0 Å². The van der Waals surface area contributed by atoms with Crippen molar-refractivity contribution in [2.24, 2.45) is 5.92 Å². The highest BCUT2D eigenvalue weighted by molar-refractivity contribution is 7.18. The number of fused-ring (bicyclic) bond motifs is 1. The Kier molecular flexibility index (Phi) is 3.47. The number of thiazole rings is 1. The Morgan fingerprint density at radius 1 is 1.48 bits per heavy atom. The Hall–Kier alpha value is -1.17. The number of aliphatic hydroxyl groups is 1. The van der Waals surface area contributed by atoms with Gasteiger partial charge < -0.3 is 10.0 Å². The van der Waals surface area contributed by atoms with Gasteiger partial charge >= 0.3 is 0 Å². The highest BCUT2D eigenvalue weighted by atomic mass is 35.5. The van der Waals surface area contributed by atoms with Gasteiger partial charge in [0.15, 0.2) is 0 Å². The average molecular weight is 377 g/mol. The Bertz CT molecular complexity index is 864. The lowest BCUT2D eigenvalue weighted by Crippen LogP contribution is -2.50. The molecule has 1 N–H and O–H groups in total. The van der Waals surface area contributed by atoms with Crippen LogP contribution in [-0.2, 0) is 4.79 Å². The molecular formula is C19H21ClN2O2S. The van der Waals surface area contributed by atoms with Gasteiger partial charge in [-0.05, 0) is 49.8 Å². The zero-order valence-electron chi connectivity index (χ0n) is 14.1. The second-order valence-electron chi connectivity index (χ2n) is 8.12. The monoisotopic (exact) mass is 376 g/mol. The molecule has 4 fully saturated rings. The van der Waals surface area contributed by atoms with Crippen molar-refractivity contribution in [3.05, 3.63) is 28.2 Å². The molecule has 4 nitrogen and oxygen atoms in total. The molecule has 1 aromatic carbocycles. The van der Waals surface area contributed by atoms with Gasteiger partial charge in [0.1, 0.15) is 0 Å². The van der Waals surface area contributed by atoms with Gasteiger partial charge in [0.2, 0.25) is 5.91 Å². The molecule has 5 atom stereocenters. The molecule has 5 unspecified atom stereocenters. The van der Waals surface area contributed by atoms with Crippen LogP contribution < -0.4 is 0 Å². The van der Waals surface area contributed by atoms with Crippen molar-refractivity contribution in [2.75, 3.05) is 0 Å². The minimum Gasteiger partial charge on any atom is -0.390 e. The largest absolute Gasteiger partial charge is 0.390 e. The number of carbonyl (C=O) groups excluding carboxylic acids is 1. The smallest absolute Gasteiger partial charge is 0.223 e. The van der Waals surface area contributed by atoms with Crippen molar-refractivity contribution in [2.45, 2.75) is 62.6 Å². The minimum absolute atomic E-state index is 0.100. The molecule has 1 amide bonds. The maximum absolute atomic E-state index is 13.0. The summed E-state index contributed by atoms with van der Waals surface area (Å²) in [6.45, 7) is 2.08. The third kappa shape index (κ3) is 2.51. The molecule has 6 rings (SSSR count). The van der Waals surface area contributed by atoms with Crippen molar-refractivity contribution in [3.8, 4) is 0 Å². The van der Waals surface area contributed by atoms with E-state index in [1.54, 1.807) is 11.3 Å². The fourth-order valence-electron chi connectivity index (χ4n) is 5.32. The Balaban J connectivity index is 1.34. The van der Waals surface area contributed by atoms with Crippen molar-refractivity contribution in [1.29, 1.82) is 0 Å². The number of amides is 1. The first-order valence-electron chi connectivity index (χ1n) is 9.01. The van der Waals surface area contributed by atoms with Crippen molar-refractivity contribution in [3.63, 3.8) is 0 Å². The molecule has 25 heavy (non-hydrogen) atoms. The number of hydrogen-bond acceptors (Lipinski definition) is 4. The maximum atomic E-state index is 13.0. The fraction of sp³-hybridized carbons (Fsp3) is 0.579. The normalized spacial score (nSPS) is 34.2. The van der Waals surface area contributed by atoms with Gasteiger partial charge in [0.05, 0.1) is 20.8 Å². The van der Waals surface area contributed by atoms with E-state index in [0.29, 0.717) is 17.4 Å². The van der Waals surface area contributed by atoms with Crippen LogP contribution >= 0.6 is 22.9 Å². The number of piperidine rings is 1. The molecule has 1 aromatic heterocycles. The summed E-state index contributed by atoms with van der Waals surface area (Å²) < 4.78 is 1.07. The number of rotatable bonds is 3. The van der Waals surface area contributed by atoms with E-state index < -0.39 is 5.60 Å². The number of nitrogens with zero attached hydrogens (tertiary/aromatic N) is 2. The molecule has 4 aliphatic rings. The van der Waals surface area contributed by atoms with Gasteiger partial charge in [0, 0.05) is 29.4 Å². The Morgan fingerprint density at radius 2 is 2.32 bits per heavy atom. The first-order chi connectivity index (χ1) is 11.9. The van der Waals surface area contributed by atoms with Gasteiger partial charge in [-0.2, -0.15) is 0 Å². The molecule has 6 heteroatoms. The number of carbonyl (C=O) groups is 1. The van der Waals surface area contributed by atoms with E-state index in [0.717, 1.165) is 40.9 Å². The van der Waals surface area contributed by atoms with Gasteiger partial charge in [-0.1, -0.05) is 18.5 Å². The van der Waals surface area contributed by atoms with Gasteiger partial charge in [-0.25, -0.2) is 4.98 Å². The molecule has 3 heterocycles. The van der Waals surface area contributed by atoms with E-state index in [9.17, 15) is 9.90 Å². The predicted octanol–water partition coefficient (Wildman–Crippen LogP) is 3.96. The first kappa shape index (κ1) is 16.0. The Labute approximate surface area is 155 Å². The maximum Gasteiger partial charge on any atom is 0.223 e. The SMILES string of the molecule is CC(CC(=O)N1C2CC3CC(O)(C2)CC31)c1nc2ccc(Cl)cc2s1. The lowest BCUT2D eigenvalue weighted by molar-refractivity contribution is -0.139. The van der Waals surface area contributed by atoms with Crippen molar-refractivity contribution in [1.82, 2.24) is 9.88 Å². The summed E-state index contributed by atoms with van der Waals surface area (Å²) in [7, 11) is 0. The fourth-order valence-corrected chi connectivity index (χ4v) is 6.62. The lowest BCUT2D eigenvalue weighted by Gasteiger charge is -2.40. The van der Waals surface area contributed by atoms with Crippen LogP contribution in [0.1, 0.15) is 50.0 Å². The highest BCUT2D eigenvalue weighted by Gasteiger charge is 2.60. The first-order valence-corrected chi connectivity index (χ1v) is 10.2. The zero-order valence-corrected chi connectivity index (χ0v) is 15.7. The summed E-state index contributed by atoms with van der Waals surface area (Å²) in [6, 6.07) is 6.23. The molecule has 2 saturated heterocycles. The topological polar surface area (TPSA) is 53.4 Å². The van der Waals surface area contributed by atoms with Crippen molar-refractivity contribution < 1.29 is 9.90 Å². The number of benzene rings is 1. The summed E-state index contributed by atoms with van der Waals surface area (Å²) in [5, 5.41) is 12.2. The molecule has 2 aliphatic carbocycles. The second-order valence-corrected chi connectivity index (χ2v) is 9.62. The summed E-state index contributed by atoms with van der Waals surface area (Å²) in [6.07, 6.45) is 3.98. The summed E-state index contributed by atoms with van der Waals surface area (Å²) >= 11 is 7.69.